The van der Waals surface area contributed by atoms with Crippen LogP contribution in [0.25, 0.3) is 21.8 Å². The molecule has 1 aromatic heterocycles. The zero-order valence-electron chi connectivity index (χ0n) is 10.2. The van der Waals surface area contributed by atoms with Crippen molar-refractivity contribution in [3.8, 4) is 27.6 Å². The normalized spacial score (nSPS) is 10.7. The van der Waals surface area contributed by atoms with E-state index >= 15 is 0 Å². The molecule has 1 N–H and O–H groups in total. The van der Waals surface area contributed by atoms with Gasteiger partial charge in [-0.2, -0.15) is 0 Å². The monoisotopic (exact) mass is 289 g/mol. The second-order valence-corrected chi connectivity index (χ2v) is 5.07. The van der Waals surface area contributed by atoms with Crippen LogP contribution in [0.3, 0.4) is 0 Å². The topological polar surface area (TPSA) is 33.1 Å². The van der Waals surface area contributed by atoms with Crippen LogP contribution >= 0.6 is 11.3 Å². The van der Waals surface area contributed by atoms with Gasteiger partial charge in [-0.05, 0) is 42.5 Å². The molecule has 0 saturated heterocycles. The summed E-state index contributed by atoms with van der Waals surface area (Å²) in [6, 6.07) is 10.4. The van der Waals surface area contributed by atoms with Crippen LogP contribution in [0.5, 0.6) is 5.75 Å². The molecule has 20 heavy (non-hydrogen) atoms. The maximum absolute atomic E-state index is 13.2. The lowest BCUT2D eigenvalue weighted by Gasteiger charge is -1.98. The summed E-state index contributed by atoms with van der Waals surface area (Å²) < 4.78 is 26.1. The first-order valence-corrected chi connectivity index (χ1v) is 6.72. The average Bonchev–Trinajstić information content (AvgIpc) is 2.92. The number of rotatable bonds is 2. The van der Waals surface area contributed by atoms with E-state index in [0.717, 1.165) is 22.7 Å². The molecular weight excluding hydrogens is 280 g/mol. The van der Waals surface area contributed by atoms with Gasteiger partial charge in [0.2, 0.25) is 0 Å². The lowest BCUT2D eigenvalue weighted by molar-refractivity contribution is 0.475. The minimum Gasteiger partial charge on any atom is -0.508 e. The lowest BCUT2D eigenvalue weighted by Crippen LogP contribution is -1.85. The van der Waals surface area contributed by atoms with Gasteiger partial charge < -0.3 is 5.11 Å². The van der Waals surface area contributed by atoms with Crippen molar-refractivity contribution >= 4 is 11.3 Å². The van der Waals surface area contributed by atoms with Gasteiger partial charge in [-0.1, -0.05) is 0 Å². The van der Waals surface area contributed by atoms with Gasteiger partial charge in [0.05, 0.1) is 5.69 Å². The number of benzene rings is 2. The molecule has 0 radical (unpaired) electrons. The Morgan fingerprint density at radius 1 is 0.900 bits per heavy atom. The van der Waals surface area contributed by atoms with Gasteiger partial charge >= 0.3 is 0 Å². The molecular formula is C15H9F2NOS. The first-order valence-electron chi connectivity index (χ1n) is 5.84. The number of aromatic nitrogens is 1. The van der Waals surface area contributed by atoms with Gasteiger partial charge in [0.15, 0.2) is 11.6 Å². The Morgan fingerprint density at radius 2 is 1.60 bits per heavy atom. The largest absolute Gasteiger partial charge is 0.508 e. The van der Waals surface area contributed by atoms with Gasteiger partial charge in [-0.3, -0.25) is 0 Å². The van der Waals surface area contributed by atoms with Crippen LogP contribution in [0.4, 0.5) is 8.78 Å². The number of hydrogen-bond acceptors (Lipinski definition) is 3. The minimum absolute atomic E-state index is 0.186. The predicted molar refractivity (Wildman–Crippen MR) is 74.6 cm³/mol. The van der Waals surface area contributed by atoms with Gasteiger partial charge in [0, 0.05) is 16.5 Å². The van der Waals surface area contributed by atoms with Crippen LogP contribution in [0.1, 0.15) is 0 Å². The molecule has 0 aliphatic heterocycles. The number of halogens is 2. The summed E-state index contributed by atoms with van der Waals surface area (Å²) in [5.41, 5.74) is 1.99. The highest BCUT2D eigenvalue weighted by atomic mass is 32.1. The number of hydrogen-bond donors (Lipinski definition) is 1. The molecule has 1 heterocycles. The molecule has 3 rings (SSSR count). The Bertz CT molecular complexity index is 753. The molecule has 2 aromatic carbocycles. The summed E-state index contributed by atoms with van der Waals surface area (Å²) in [6.07, 6.45) is 0. The number of phenols is 1. The summed E-state index contributed by atoms with van der Waals surface area (Å²) in [7, 11) is 0. The van der Waals surface area contributed by atoms with Crippen molar-refractivity contribution in [3.05, 3.63) is 59.5 Å². The molecule has 0 saturated carbocycles. The van der Waals surface area contributed by atoms with Crippen molar-refractivity contribution < 1.29 is 13.9 Å². The van der Waals surface area contributed by atoms with Crippen LogP contribution in [-0.2, 0) is 0 Å². The third-order valence-corrected chi connectivity index (χ3v) is 3.73. The van der Waals surface area contributed by atoms with Crippen molar-refractivity contribution in [3.63, 3.8) is 0 Å². The van der Waals surface area contributed by atoms with Crippen molar-refractivity contribution in [2.45, 2.75) is 0 Å². The van der Waals surface area contributed by atoms with Crippen LogP contribution < -0.4 is 0 Å². The molecule has 3 aromatic rings. The predicted octanol–water partition coefficient (Wildman–Crippen LogP) is 4.46. The minimum atomic E-state index is -0.887. The van der Waals surface area contributed by atoms with Crippen LogP contribution in [0, 0.1) is 11.6 Å². The van der Waals surface area contributed by atoms with E-state index in [2.05, 4.69) is 4.98 Å². The first kappa shape index (κ1) is 12.7. The highest BCUT2D eigenvalue weighted by molar-refractivity contribution is 7.13. The van der Waals surface area contributed by atoms with Gasteiger partial charge in [-0.15, -0.1) is 11.3 Å². The van der Waals surface area contributed by atoms with E-state index in [-0.39, 0.29) is 5.75 Å². The van der Waals surface area contributed by atoms with Crippen molar-refractivity contribution in [1.29, 1.82) is 0 Å². The highest BCUT2D eigenvalue weighted by Crippen LogP contribution is 2.30. The Hall–Kier alpha value is -2.27. The number of aromatic hydroxyl groups is 1. The maximum atomic E-state index is 13.2. The summed E-state index contributed by atoms with van der Waals surface area (Å²) in [5, 5.41) is 11.8. The van der Waals surface area contributed by atoms with Crippen molar-refractivity contribution in [1.82, 2.24) is 4.98 Å². The lowest BCUT2D eigenvalue weighted by atomic mass is 10.1. The zero-order valence-corrected chi connectivity index (χ0v) is 11.0. The smallest absolute Gasteiger partial charge is 0.159 e. The summed E-state index contributed by atoms with van der Waals surface area (Å²) >= 11 is 1.40. The fourth-order valence-electron chi connectivity index (χ4n) is 1.80. The molecule has 0 aliphatic carbocycles. The van der Waals surface area contributed by atoms with Gasteiger partial charge in [-0.25, -0.2) is 13.8 Å². The third-order valence-electron chi connectivity index (χ3n) is 2.83. The Balaban J connectivity index is 1.97. The van der Waals surface area contributed by atoms with E-state index in [1.54, 1.807) is 29.6 Å². The number of nitrogens with zero attached hydrogens (tertiary/aromatic N) is 1. The van der Waals surface area contributed by atoms with Crippen LogP contribution in [-0.4, -0.2) is 10.1 Å². The Labute approximate surface area is 118 Å². The third kappa shape index (κ3) is 2.40. The first-order chi connectivity index (χ1) is 9.63. The molecule has 100 valence electrons. The van der Waals surface area contributed by atoms with E-state index in [0.29, 0.717) is 11.3 Å². The Kier molecular flexibility index (Phi) is 3.20. The summed E-state index contributed by atoms with van der Waals surface area (Å²) in [6.45, 7) is 0. The van der Waals surface area contributed by atoms with Crippen LogP contribution in [0.2, 0.25) is 0 Å². The average molecular weight is 289 g/mol. The van der Waals surface area contributed by atoms with Gasteiger partial charge in [0.1, 0.15) is 10.8 Å². The van der Waals surface area contributed by atoms with Crippen molar-refractivity contribution in [2.24, 2.45) is 0 Å². The van der Waals surface area contributed by atoms with Crippen molar-refractivity contribution in [2.75, 3.05) is 0 Å². The molecule has 5 heteroatoms. The quantitative estimate of drug-likeness (QED) is 0.755. The maximum Gasteiger partial charge on any atom is 0.159 e. The molecule has 0 aliphatic rings. The van der Waals surface area contributed by atoms with E-state index in [9.17, 15) is 13.9 Å². The Morgan fingerprint density at radius 3 is 2.30 bits per heavy atom. The molecule has 0 fully saturated rings. The van der Waals surface area contributed by atoms with Crippen LogP contribution in [0.15, 0.2) is 47.8 Å². The highest BCUT2D eigenvalue weighted by Gasteiger charge is 2.09. The van der Waals surface area contributed by atoms with E-state index in [1.165, 1.54) is 17.4 Å². The SMILES string of the molecule is Oc1ccc(-c2nc(-c3ccc(F)c(F)c3)cs2)cc1. The summed E-state index contributed by atoms with van der Waals surface area (Å²) in [5.74, 6) is -1.57. The van der Waals surface area contributed by atoms with E-state index < -0.39 is 11.6 Å². The molecule has 2 nitrogen and oxygen atoms in total. The molecule has 0 bridgehead atoms. The molecule has 0 spiro atoms. The zero-order chi connectivity index (χ0) is 14.1. The second kappa shape index (κ2) is 5.02. The van der Waals surface area contributed by atoms with E-state index in [1.807, 2.05) is 0 Å². The summed E-state index contributed by atoms with van der Waals surface area (Å²) in [4.78, 5) is 4.40. The van der Waals surface area contributed by atoms with Gasteiger partial charge in [0.25, 0.3) is 0 Å². The number of thiazole rings is 1. The van der Waals surface area contributed by atoms with E-state index in [4.69, 9.17) is 0 Å². The fraction of sp³-hybridized carbons (Fsp3) is 0. The molecule has 0 unspecified atom stereocenters. The number of phenolic OH excluding ortho intramolecular Hbond substituents is 1. The second-order valence-electron chi connectivity index (χ2n) is 4.21. The molecule has 0 amide bonds. The molecule has 0 atom stereocenters. The fourth-order valence-corrected chi connectivity index (χ4v) is 2.63. The standard InChI is InChI=1S/C15H9F2NOS/c16-12-6-3-10(7-13(12)17)14-8-20-15(18-14)9-1-4-11(19)5-2-9/h1-8,19H.